The van der Waals surface area contributed by atoms with Gasteiger partial charge in [0.05, 0.1) is 20.4 Å². The van der Waals surface area contributed by atoms with Crippen LogP contribution in [0.3, 0.4) is 0 Å². The molecule has 0 aliphatic carbocycles. The van der Waals surface area contributed by atoms with Crippen LogP contribution in [0, 0.1) is 0 Å². The van der Waals surface area contributed by atoms with Gasteiger partial charge < -0.3 is 4.90 Å². The lowest BCUT2D eigenvalue weighted by Gasteiger charge is -2.26. The molecule has 0 amide bonds. The highest BCUT2D eigenvalue weighted by atomic mass is 32.1. The van der Waals surface area contributed by atoms with E-state index in [4.69, 9.17) is 9.97 Å². The van der Waals surface area contributed by atoms with Crippen molar-refractivity contribution in [3.05, 3.63) is 176 Å². The molecule has 10 rings (SSSR count). The Balaban J connectivity index is 1.01. The van der Waals surface area contributed by atoms with Crippen molar-refractivity contribution in [1.82, 2.24) is 9.97 Å². The first-order valence-electron chi connectivity index (χ1n) is 17.0. The van der Waals surface area contributed by atoms with Crippen molar-refractivity contribution < 1.29 is 0 Å². The van der Waals surface area contributed by atoms with Gasteiger partial charge in [0.2, 0.25) is 0 Å². The molecule has 5 heteroatoms. The smallest absolute Gasteiger partial charge is 0.124 e. The summed E-state index contributed by atoms with van der Waals surface area (Å²) in [6, 6.07) is 63.0. The summed E-state index contributed by atoms with van der Waals surface area (Å²) in [4.78, 5) is 12.1. The van der Waals surface area contributed by atoms with Crippen LogP contribution in [0.25, 0.3) is 74.2 Å². The molecule has 0 radical (unpaired) electrons. The second-order valence-corrected chi connectivity index (χ2v) is 14.8. The van der Waals surface area contributed by atoms with Crippen LogP contribution in [0.4, 0.5) is 17.1 Å². The van der Waals surface area contributed by atoms with Gasteiger partial charge >= 0.3 is 0 Å². The Morgan fingerprint density at radius 1 is 0.333 bits per heavy atom. The van der Waals surface area contributed by atoms with Gasteiger partial charge in [0.15, 0.2) is 0 Å². The molecule has 0 saturated carbocycles. The normalized spacial score (nSPS) is 11.5. The highest BCUT2D eigenvalue weighted by molar-refractivity contribution is 7.22. The van der Waals surface area contributed by atoms with Crippen LogP contribution >= 0.6 is 22.7 Å². The van der Waals surface area contributed by atoms with Gasteiger partial charge in [-0.1, -0.05) is 91.0 Å². The first kappa shape index (κ1) is 29.7. The molecule has 0 unspecified atom stereocenters. The first-order chi connectivity index (χ1) is 25.2. The molecule has 240 valence electrons. The van der Waals surface area contributed by atoms with Gasteiger partial charge in [0.1, 0.15) is 10.0 Å². The van der Waals surface area contributed by atoms with Crippen LogP contribution in [0.5, 0.6) is 0 Å². The molecule has 2 aromatic heterocycles. The molecule has 2 heterocycles. The minimum Gasteiger partial charge on any atom is -0.310 e. The van der Waals surface area contributed by atoms with E-state index in [1.54, 1.807) is 22.7 Å². The van der Waals surface area contributed by atoms with Crippen molar-refractivity contribution in [2.45, 2.75) is 0 Å². The summed E-state index contributed by atoms with van der Waals surface area (Å²) in [7, 11) is 0. The van der Waals surface area contributed by atoms with Gasteiger partial charge in [0, 0.05) is 28.2 Å². The van der Waals surface area contributed by atoms with Crippen LogP contribution < -0.4 is 4.90 Å². The number of hydrogen-bond donors (Lipinski definition) is 0. The van der Waals surface area contributed by atoms with E-state index in [2.05, 4.69) is 169 Å². The monoisotopic (exact) mass is 687 g/mol. The van der Waals surface area contributed by atoms with Gasteiger partial charge in [-0.15, -0.1) is 22.7 Å². The minimum absolute atomic E-state index is 1.03. The maximum atomic E-state index is 4.91. The van der Waals surface area contributed by atoms with Crippen LogP contribution in [-0.4, -0.2) is 9.97 Å². The summed E-state index contributed by atoms with van der Waals surface area (Å²) in [6.45, 7) is 0. The molecule has 0 atom stereocenters. The third-order valence-electron chi connectivity index (χ3n) is 9.50. The van der Waals surface area contributed by atoms with Crippen LogP contribution in [0.2, 0.25) is 0 Å². The van der Waals surface area contributed by atoms with Gasteiger partial charge in [-0.2, -0.15) is 0 Å². The molecular formula is C46H29N3S2. The molecule has 0 spiro atoms. The first-order valence-corrected chi connectivity index (χ1v) is 18.6. The highest BCUT2D eigenvalue weighted by Crippen LogP contribution is 2.40. The lowest BCUT2D eigenvalue weighted by molar-refractivity contribution is 1.29. The number of hydrogen-bond acceptors (Lipinski definition) is 5. The standard InChI is InChI=1S/C46H29N3S2/c1-2-8-35-28-37-29-40(26-21-36(37)27-34(35)7-1)49(39-24-19-33(20-25-39)46-48-42-10-4-6-12-44(42)51-46)38-22-17-31(18-23-38)30-13-15-32(16-14-30)45-47-41-9-3-5-11-43(41)50-45/h1-29H. The lowest BCUT2D eigenvalue weighted by Crippen LogP contribution is -2.09. The number of fused-ring (bicyclic) bond motifs is 4. The van der Waals surface area contributed by atoms with E-state index in [0.717, 1.165) is 49.2 Å². The average molecular weight is 688 g/mol. The largest absolute Gasteiger partial charge is 0.310 e. The molecule has 51 heavy (non-hydrogen) atoms. The predicted molar refractivity (Wildman–Crippen MR) is 219 cm³/mol. The van der Waals surface area contributed by atoms with Gasteiger partial charge in [0.25, 0.3) is 0 Å². The fourth-order valence-corrected chi connectivity index (χ4v) is 8.81. The lowest BCUT2D eigenvalue weighted by atomic mass is 10.0. The van der Waals surface area contributed by atoms with Crippen molar-refractivity contribution in [3.8, 4) is 32.3 Å². The molecule has 0 aliphatic rings. The molecule has 0 bridgehead atoms. The summed E-state index contributed by atoms with van der Waals surface area (Å²) in [5, 5.41) is 7.02. The van der Waals surface area contributed by atoms with Crippen LogP contribution in [0.1, 0.15) is 0 Å². The Bertz CT molecular complexity index is 2780. The van der Waals surface area contributed by atoms with E-state index in [1.807, 2.05) is 12.1 Å². The summed E-state index contributed by atoms with van der Waals surface area (Å²) in [5.41, 5.74) is 9.99. The Kier molecular flexibility index (Phi) is 7.19. The molecule has 0 saturated heterocycles. The van der Waals surface area contributed by atoms with Gasteiger partial charge in [-0.25, -0.2) is 9.97 Å². The van der Waals surface area contributed by atoms with Crippen LogP contribution in [-0.2, 0) is 0 Å². The molecule has 0 N–H and O–H groups in total. The fourth-order valence-electron chi connectivity index (χ4n) is 6.87. The number of rotatable bonds is 6. The number of nitrogens with zero attached hydrogens (tertiary/aromatic N) is 3. The number of thiazole rings is 2. The molecule has 0 aliphatic heterocycles. The average Bonchev–Trinajstić information content (AvgIpc) is 3.83. The Hall–Kier alpha value is -6.14. The van der Waals surface area contributed by atoms with Crippen molar-refractivity contribution in [1.29, 1.82) is 0 Å². The number of benzene rings is 8. The quantitative estimate of drug-likeness (QED) is 0.163. The number of aromatic nitrogens is 2. The SMILES string of the molecule is c1ccc2cc3cc(N(c4ccc(-c5ccc(-c6nc7ccccc7s6)cc5)cc4)c4ccc(-c5nc6ccccc6s5)cc4)ccc3cc2c1. The van der Waals surface area contributed by atoms with Gasteiger partial charge in [-0.05, 0) is 118 Å². The minimum atomic E-state index is 1.03. The summed E-state index contributed by atoms with van der Waals surface area (Å²) in [6.07, 6.45) is 0. The summed E-state index contributed by atoms with van der Waals surface area (Å²) in [5.74, 6) is 0. The zero-order valence-corrected chi connectivity index (χ0v) is 29.0. The number of para-hydroxylation sites is 2. The Morgan fingerprint density at radius 3 is 1.29 bits per heavy atom. The maximum Gasteiger partial charge on any atom is 0.124 e. The van der Waals surface area contributed by atoms with E-state index in [0.29, 0.717) is 0 Å². The van der Waals surface area contributed by atoms with Crippen LogP contribution in [0.15, 0.2) is 176 Å². The van der Waals surface area contributed by atoms with E-state index in [9.17, 15) is 0 Å². The third kappa shape index (κ3) is 5.53. The van der Waals surface area contributed by atoms with E-state index >= 15 is 0 Å². The second kappa shape index (κ2) is 12.3. The Labute approximate surface area is 303 Å². The molecule has 3 nitrogen and oxygen atoms in total. The molecule has 10 aromatic rings. The summed E-state index contributed by atoms with van der Waals surface area (Å²) < 4.78 is 2.41. The van der Waals surface area contributed by atoms with E-state index in [-0.39, 0.29) is 0 Å². The predicted octanol–water partition coefficient (Wildman–Crippen LogP) is 13.7. The number of anilines is 3. The van der Waals surface area contributed by atoms with Gasteiger partial charge in [-0.3, -0.25) is 0 Å². The second-order valence-electron chi connectivity index (χ2n) is 12.7. The molecule has 0 fully saturated rings. The molecular weight excluding hydrogens is 659 g/mol. The van der Waals surface area contributed by atoms with E-state index < -0.39 is 0 Å². The van der Waals surface area contributed by atoms with Crippen molar-refractivity contribution in [3.63, 3.8) is 0 Å². The van der Waals surface area contributed by atoms with Crippen molar-refractivity contribution in [2.24, 2.45) is 0 Å². The highest BCUT2D eigenvalue weighted by Gasteiger charge is 2.15. The Morgan fingerprint density at radius 2 is 0.745 bits per heavy atom. The van der Waals surface area contributed by atoms with E-state index in [1.165, 1.54) is 42.1 Å². The molecule has 8 aromatic carbocycles. The summed E-state index contributed by atoms with van der Waals surface area (Å²) >= 11 is 3.47. The fraction of sp³-hybridized carbons (Fsp3) is 0. The maximum absolute atomic E-state index is 4.91. The topological polar surface area (TPSA) is 29.0 Å². The zero-order chi connectivity index (χ0) is 33.7. The zero-order valence-electron chi connectivity index (χ0n) is 27.4. The van der Waals surface area contributed by atoms with Crippen molar-refractivity contribution in [2.75, 3.05) is 4.90 Å². The van der Waals surface area contributed by atoms with Crippen molar-refractivity contribution >= 4 is 81.7 Å². The third-order valence-corrected chi connectivity index (χ3v) is 11.7.